The molecule has 2 N–H and O–H groups in total. The van der Waals surface area contributed by atoms with Crippen molar-refractivity contribution in [2.45, 2.75) is 6.54 Å². The van der Waals surface area contributed by atoms with Crippen molar-refractivity contribution >= 4 is 10.9 Å². The van der Waals surface area contributed by atoms with Crippen LogP contribution in [0.3, 0.4) is 0 Å². The van der Waals surface area contributed by atoms with E-state index >= 15 is 0 Å². The second-order valence-electron chi connectivity index (χ2n) is 3.53. The SMILES string of the molecule is COCCNCc1cccc2cc[nH]c12. The number of hydrogen-bond donors (Lipinski definition) is 2. The molecule has 1 aromatic heterocycles. The van der Waals surface area contributed by atoms with Crippen LogP contribution < -0.4 is 5.32 Å². The van der Waals surface area contributed by atoms with Crippen LogP contribution in [-0.2, 0) is 11.3 Å². The maximum atomic E-state index is 4.98. The van der Waals surface area contributed by atoms with E-state index in [2.05, 4.69) is 34.6 Å². The van der Waals surface area contributed by atoms with E-state index in [0.29, 0.717) is 0 Å². The van der Waals surface area contributed by atoms with Crippen molar-refractivity contribution < 1.29 is 4.74 Å². The van der Waals surface area contributed by atoms with Gasteiger partial charge in [0.15, 0.2) is 0 Å². The minimum atomic E-state index is 0.751. The Kier molecular flexibility index (Phi) is 3.37. The van der Waals surface area contributed by atoms with Crippen molar-refractivity contribution in [2.24, 2.45) is 0 Å². The zero-order valence-corrected chi connectivity index (χ0v) is 8.92. The van der Waals surface area contributed by atoms with Crippen LogP contribution >= 0.6 is 0 Å². The molecule has 0 atom stereocenters. The lowest BCUT2D eigenvalue weighted by Crippen LogP contribution is -2.18. The van der Waals surface area contributed by atoms with Crippen LogP contribution in [0.15, 0.2) is 30.5 Å². The molecule has 0 bridgehead atoms. The molecule has 0 aliphatic carbocycles. The van der Waals surface area contributed by atoms with Gasteiger partial charge in [0, 0.05) is 31.9 Å². The number of methoxy groups -OCH3 is 1. The maximum absolute atomic E-state index is 4.98. The highest BCUT2D eigenvalue weighted by Gasteiger charge is 2.00. The normalized spacial score (nSPS) is 11.0. The number of ether oxygens (including phenoxy) is 1. The minimum Gasteiger partial charge on any atom is -0.383 e. The summed E-state index contributed by atoms with van der Waals surface area (Å²) in [6, 6.07) is 8.43. The van der Waals surface area contributed by atoms with Gasteiger partial charge in [0.25, 0.3) is 0 Å². The fraction of sp³-hybridized carbons (Fsp3) is 0.333. The zero-order valence-electron chi connectivity index (χ0n) is 8.92. The summed E-state index contributed by atoms with van der Waals surface area (Å²) >= 11 is 0. The van der Waals surface area contributed by atoms with Crippen LogP contribution in [0, 0.1) is 0 Å². The Hall–Kier alpha value is -1.32. The number of nitrogens with one attached hydrogen (secondary N) is 2. The number of aromatic nitrogens is 1. The summed E-state index contributed by atoms with van der Waals surface area (Å²) in [7, 11) is 1.72. The van der Waals surface area contributed by atoms with E-state index in [1.54, 1.807) is 7.11 Å². The monoisotopic (exact) mass is 204 g/mol. The van der Waals surface area contributed by atoms with Gasteiger partial charge in [-0.3, -0.25) is 0 Å². The zero-order chi connectivity index (χ0) is 10.5. The van der Waals surface area contributed by atoms with Crippen LogP contribution in [0.4, 0.5) is 0 Å². The van der Waals surface area contributed by atoms with Crippen LogP contribution in [0.25, 0.3) is 10.9 Å². The molecule has 80 valence electrons. The summed E-state index contributed by atoms with van der Waals surface area (Å²) in [5.74, 6) is 0. The highest BCUT2D eigenvalue weighted by atomic mass is 16.5. The molecular formula is C12H16N2O. The number of fused-ring (bicyclic) bond motifs is 1. The molecule has 0 aliphatic heterocycles. The molecule has 15 heavy (non-hydrogen) atoms. The summed E-state index contributed by atoms with van der Waals surface area (Å²) in [4.78, 5) is 3.26. The molecular weight excluding hydrogens is 188 g/mol. The molecule has 0 aliphatic rings. The van der Waals surface area contributed by atoms with Crippen molar-refractivity contribution in [3.8, 4) is 0 Å². The Labute approximate surface area is 89.4 Å². The molecule has 0 amide bonds. The first-order chi connectivity index (χ1) is 7.42. The summed E-state index contributed by atoms with van der Waals surface area (Å²) < 4.78 is 4.98. The van der Waals surface area contributed by atoms with E-state index in [1.807, 2.05) is 6.20 Å². The van der Waals surface area contributed by atoms with Gasteiger partial charge < -0.3 is 15.0 Å². The van der Waals surface area contributed by atoms with Gasteiger partial charge in [-0.05, 0) is 17.0 Å². The molecule has 0 spiro atoms. The highest BCUT2D eigenvalue weighted by molar-refractivity contribution is 5.82. The lowest BCUT2D eigenvalue weighted by molar-refractivity contribution is 0.199. The standard InChI is InChI=1S/C12H16N2O/c1-15-8-7-13-9-11-4-2-3-10-5-6-14-12(10)11/h2-6,13-14H,7-9H2,1H3. The average Bonchev–Trinajstić information content (AvgIpc) is 2.73. The fourth-order valence-electron chi connectivity index (χ4n) is 1.69. The quantitative estimate of drug-likeness (QED) is 0.730. The molecule has 0 unspecified atom stereocenters. The van der Waals surface area contributed by atoms with Crippen LogP contribution in [0.1, 0.15) is 5.56 Å². The topological polar surface area (TPSA) is 37.0 Å². The summed E-state index contributed by atoms with van der Waals surface area (Å²) in [5, 5.41) is 4.60. The Morgan fingerprint density at radius 1 is 1.33 bits per heavy atom. The largest absolute Gasteiger partial charge is 0.383 e. The molecule has 3 nitrogen and oxygen atoms in total. The third-order valence-corrected chi connectivity index (χ3v) is 2.47. The maximum Gasteiger partial charge on any atom is 0.0587 e. The molecule has 3 heteroatoms. The second-order valence-corrected chi connectivity index (χ2v) is 3.53. The summed E-state index contributed by atoms with van der Waals surface area (Å²) in [5.41, 5.74) is 2.52. The predicted octanol–water partition coefficient (Wildman–Crippen LogP) is 1.90. The van der Waals surface area contributed by atoms with Gasteiger partial charge in [-0.25, -0.2) is 0 Å². The molecule has 0 saturated carbocycles. The van der Waals surface area contributed by atoms with Gasteiger partial charge in [-0.15, -0.1) is 0 Å². The van der Waals surface area contributed by atoms with Crippen molar-refractivity contribution in [2.75, 3.05) is 20.3 Å². The molecule has 2 aromatic rings. The van der Waals surface area contributed by atoms with E-state index in [4.69, 9.17) is 4.74 Å². The lowest BCUT2D eigenvalue weighted by Gasteiger charge is -2.05. The number of benzene rings is 1. The van der Waals surface area contributed by atoms with Gasteiger partial charge in [0.2, 0.25) is 0 Å². The fourth-order valence-corrected chi connectivity index (χ4v) is 1.69. The summed E-state index contributed by atoms with van der Waals surface area (Å²) in [6.07, 6.45) is 1.98. The van der Waals surface area contributed by atoms with Crippen molar-refractivity contribution in [1.29, 1.82) is 0 Å². The number of para-hydroxylation sites is 1. The smallest absolute Gasteiger partial charge is 0.0587 e. The number of H-pyrrole nitrogens is 1. The number of aromatic amines is 1. The molecule has 1 aromatic carbocycles. The third-order valence-electron chi connectivity index (χ3n) is 2.47. The van der Waals surface area contributed by atoms with E-state index in [1.165, 1.54) is 16.5 Å². The first-order valence-electron chi connectivity index (χ1n) is 5.16. The Morgan fingerprint density at radius 2 is 2.27 bits per heavy atom. The van der Waals surface area contributed by atoms with Crippen LogP contribution in [-0.4, -0.2) is 25.2 Å². The van der Waals surface area contributed by atoms with Crippen molar-refractivity contribution in [3.63, 3.8) is 0 Å². The number of hydrogen-bond acceptors (Lipinski definition) is 2. The van der Waals surface area contributed by atoms with E-state index in [0.717, 1.165) is 19.7 Å². The Balaban J connectivity index is 2.04. The van der Waals surface area contributed by atoms with Gasteiger partial charge in [0.05, 0.1) is 6.61 Å². The first-order valence-corrected chi connectivity index (χ1v) is 5.16. The molecule has 0 fully saturated rings. The third kappa shape index (κ3) is 2.37. The van der Waals surface area contributed by atoms with Crippen molar-refractivity contribution in [1.82, 2.24) is 10.3 Å². The Morgan fingerprint density at radius 3 is 3.13 bits per heavy atom. The molecule has 0 saturated heterocycles. The van der Waals surface area contributed by atoms with E-state index in [9.17, 15) is 0 Å². The second kappa shape index (κ2) is 4.96. The van der Waals surface area contributed by atoms with Crippen molar-refractivity contribution in [3.05, 3.63) is 36.0 Å². The van der Waals surface area contributed by atoms with Gasteiger partial charge in [-0.2, -0.15) is 0 Å². The van der Waals surface area contributed by atoms with E-state index in [-0.39, 0.29) is 0 Å². The van der Waals surface area contributed by atoms with E-state index < -0.39 is 0 Å². The molecule has 0 radical (unpaired) electrons. The van der Waals surface area contributed by atoms with Crippen LogP contribution in [0.5, 0.6) is 0 Å². The first kappa shape index (κ1) is 10.2. The minimum absolute atomic E-state index is 0.751. The Bertz CT molecular complexity index is 422. The lowest BCUT2D eigenvalue weighted by atomic mass is 10.1. The molecule has 2 rings (SSSR count). The average molecular weight is 204 g/mol. The predicted molar refractivity (Wildman–Crippen MR) is 61.9 cm³/mol. The highest BCUT2D eigenvalue weighted by Crippen LogP contribution is 2.16. The van der Waals surface area contributed by atoms with Crippen LogP contribution in [0.2, 0.25) is 0 Å². The summed E-state index contributed by atoms with van der Waals surface area (Å²) in [6.45, 7) is 2.51. The molecule has 1 heterocycles. The number of rotatable bonds is 5. The van der Waals surface area contributed by atoms with Gasteiger partial charge in [0.1, 0.15) is 0 Å². The van der Waals surface area contributed by atoms with Gasteiger partial charge >= 0.3 is 0 Å². The van der Waals surface area contributed by atoms with Gasteiger partial charge in [-0.1, -0.05) is 18.2 Å².